The van der Waals surface area contributed by atoms with Gasteiger partial charge < -0.3 is 5.32 Å². The van der Waals surface area contributed by atoms with Crippen LogP contribution >= 0.6 is 0 Å². The molecule has 0 spiro atoms. The van der Waals surface area contributed by atoms with Crippen molar-refractivity contribution in [2.24, 2.45) is 0 Å². The van der Waals surface area contributed by atoms with Gasteiger partial charge in [0.1, 0.15) is 5.82 Å². The number of rotatable bonds is 6. The lowest BCUT2D eigenvalue weighted by Gasteiger charge is -2.10. The van der Waals surface area contributed by atoms with Gasteiger partial charge in [-0.2, -0.15) is 13.2 Å². The summed E-state index contributed by atoms with van der Waals surface area (Å²) in [4.78, 5) is 0. The number of unbranched alkanes of at least 4 members (excludes halogenated alkanes) is 2. The van der Waals surface area contributed by atoms with Crippen molar-refractivity contribution in [1.82, 2.24) is 5.32 Å². The normalized spacial score (nSPS) is 11.8. The number of alkyl halides is 3. The average Bonchev–Trinajstić information content (AvgIpc) is 2.29. The Hall–Kier alpha value is -1.10. The highest BCUT2D eigenvalue weighted by molar-refractivity contribution is 5.27. The summed E-state index contributed by atoms with van der Waals surface area (Å²) in [6.07, 6.45) is -1.47. The Bertz CT molecular complexity index is 374. The standard InChI is InChI=1S/C13H17F4N/c1-2-3-4-7-18-9-10-5-6-12(14)11(8-10)13(15,16)17/h5-6,8,18H,2-4,7,9H2,1H3. The van der Waals surface area contributed by atoms with Crippen molar-refractivity contribution in [2.45, 2.75) is 38.9 Å². The largest absolute Gasteiger partial charge is 0.419 e. The van der Waals surface area contributed by atoms with Gasteiger partial charge in [-0.15, -0.1) is 0 Å². The highest BCUT2D eigenvalue weighted by Crippen LogP contribution is 2.31. The smallest absolute Gasteiger partial charge is 0.313 e. The van der Waals surface area contributed by atoms with Crippen molar-refractivity contribution >= 4 is 0 Å². The van der Waals surface area contributed by atoms with Crippen LogP contribution in [0.25, 0.3) is 0 Å². The Labute approximate surface area is 104 Å². The Morgan fingerprint density at radius 1 is 1.17 bits per heavy atom. The fourth-order valence-electron chi connectivity index (χ4n) is 1.63. The van der Waals surface area contributed by atoms with Crippen LogP contribution in [-0.2, 0) is 12.7 Å². The molecule has 1 N–H and O–H groups in total. The molecule has 0 radical (unpaired) electrons. The maximum Gasteiger partial charge on any atom is 0.419 e. The Kier molecular flexibility index (Phi) is 5.59. The summed E-state index contributed by atoms with van der Waals surface area (Å²) in [7, 11) is 0. The zero-order chi connectivity index (χ0) is 13.6. The van der Waals surface area contributed by atoms with Gasteiger partial charge in [0.15, 0.2) is 0 Å². The lowest BCUT2D eigenvalue weighted by atomic mass is 10.1. The molecule has 18 heavy (non-hydrogen) atoms. The molecule has 0 amide bonds. The third-order valence-corrected chi connectivity index (χ3v) is 2.62. The molecule has 0 saturated carbocycles. The molecule has 0 bridgehead atoms. The third kappa shape index (κ3) is 4.64. The van der Waals surface area contributed by atoms with E-state index >= 15 is 0 Å². The first-order chi connectivity index (χ1) is 8.45. The SMILES string of the molecule is CCCCCNCc1ccc(F)c(C(F)(F)F)c1. The summed E-state index contributed by atoms with van der Waals surface area (Å²) < 4.78 is 50.4. The van der Waals surface area contributed by atoms with E-state index in [1.807, 2.05) is 0 Å². The summed E-state index contributed by atoms with van der Waals surface area (Å²) in [5.74, 6) is -1.22. The van der Waals surface area contributed by atoms with Gasteiger partial charge in [-0.25, -0.2) is 4.39 Å². The van der Waals surface area contributed by atoms with Gasteiger partial charge in [-0.05, 0) is 30.7 Å². The minimum absolute atomic E-state index is 0.326. The quantitative estimate of drug-likeness (QED) is 0.601. The summed E-state index contributed by atoms with van der Waals surface area (Å²) in [6, 6.07) is 3.10. The van der Waals surface area contributed by atoms with Crippen molar-refractivity contribution in [3.8, 4) is 0 Å². The molecule has 0 heterocycles. The first kappa shape index (κ1) is 15.0. The molecule has 5 heteroatoms. The van der Waals surface area contributed by atoms with Crippen molar-refractivity contribution in [1.29, 1.82) is 0 Å². The molecule has 0 aliphatic carbocycles. The number of hydrogen-bond acceptors (Lipinski definition) is 1. The van der Waals surface area contributed by atoms with Crippen LogP contribution in [-0.4, -0.2) is 6.54 Å². The maximum absolute atomic E-state index is 13.0. The van der Waals surface area contributed by atoms with Crippen LogP contribution in [0.4, 0.5) is 17.6 Å². The van der Waals surface area contributed by atoms with E-state index in [0.29, 0.717) is 12.1 Å². The van der Waals surface area contributed by atoms with Gasteiger partial charge in [-0.1, -0.05) is 25.8 Å². The van der Waals surface area contributed by atoms with Crippen molar-refractivity contribution < 1.29 is 17.6 Å². The third-order valence-electron chi connectivity index (χ3n) is 2.62. The molecular formula is C13H17F4N. The molecule has 0 fully saturated rings. The average molecular weight is 263 g/mol. The molecule has 0 unspecified atom stereocenters. The lowest BCUT2D eigenvalue weighted by molar-refractivity contribution is -0.140. The highest BCUT2D eigenvalue weighted by atomic mass is 19.4. The van der Waals surface area contributed by atoms with E-state index in [1.54, 1.807) is 0 Å². The minimum atomic E-state index is -4.64. The molecule has 0 aliphatic rings. The second kappa shape index (κ2) is 6.73. The van der Waals surface area contributed by atoms with E-state index in [0.717, 1.165) is 37.9 Å². The van der Waals surface area contributed by atoms with E-state index < -0.39 is 17.6 Å². The van der Waals surface area contributed by atoms with Gasteiger partial charge >= 0.3 is 6.18 Å². The predicted molar refractivity (Wildman–Crippen MR) is 62.6 cm³/mol. The van der Waals surface area contributed by atoms with Crippen LogP contribution in [0.1, 0.15) is 37.3 Å². The van der Waals surface area contributed by atoms with E-state index in [-0.39, 0.29) is 0 Å². The van der Waals surface area contributed by atoms with E-state index in [1.165, 1.54) is 6.07 Å². The minimum Gasteiger partial charge on any atom is -0.313 e. The zero-order valence-corrected chi connectivity index (χ0v) is 10.3. The maximum atomic E-state index is 13.0. The molecule has 0 atom stereocenters. The monoisotopic (exact) mass is 263 g/mol. The van der Waals surface area contributed by atoms with Crippen LogP contribution in [0.3, 0.4) is 0 Å². The topological polar surface area (TPSA) is 12.0 Å². The zero-order valence-electron chi connectivity index (χ0n) is 10.3. The Morgan fingerprint density at radius 2 is 1.89 bits per heavy atom. The number of halogens is 4. The van der Waals surface area contributed by atoms with Crippen LogP contribution in [0.2, 0.25) is 0 Å². The van der Waals surface area contributed by atoms with Crippen molar-refractivity contribution in [3.05, 3.63) is 35.1 Å². The Balaban J connectivity index is 2.57. The Morgan fingerprint density at radius 3 is 2.50 bits per heavy atom. The van der Waals surface area contributed by atoms with E-state index in [2.05, 4.69) is 12.2 Å². The molecular weight excluding hydrogens is 246 g/mol. The highest BCUT2D eigenvalue weighted by Gasteiger charge is 2.34. The van der Waals surface area contributed by atoms with Crippen LogP contribution in [0.5, 0.6) is 0 Å². The number of nitrogens with one attached hydrogen (secondary N) is 1. The molecule has 0 aliphatic heterocycles. The van der Waals surface area contributed by atoms with E-state index in [4.69, 9.17) is 0 Å². The molecule has 0 aromatic heterocycles. The molecule has 0 saturated heterocycles. The molecule has 102 valence electrons. The summed E-state index contributed by atoms with van der Waals surface area (Å²) in [5.41, 5.74) is -0.754. The second-order valence-electron chi connectivity index (χ2n) is 4.20. The van der Waals surface area contributed by atoms with Crippen LogP contribution in [0.15, 0.2) is 18.2 Å². The van der Waals surface area contributed by atoms with Gasteiger partial charge in [0.05, 0.1) is 5.56 Å². The van der Waals surface area contributed by atoms with Crippen molar-refractivity contribution in [2.75, 3.05) is 6.54 Å². The lowest BCUT2D eigenvalue weighted by Crippen LogP contribution is -2.16. The first-order valence-electron chi connectivity index (χ1n) is 6.01. The van der Waals surface area contributed by atoms with E-state index in [9.17, 15) is 17.6 Å². The van der Waals surface area contributed by atoms with Gasteiger partial charge in [-0.3, -0.25) is 0 Å². The molecule has 1 nitrogen and oxygen atoms in total. The number of hydrogen-bond donors (Lipinski definition) is 1. The van der Waals surface area contributed by atoms with Gasteiger partial charge in [0, 0.05) is 6.54 Å². The molecule has 1 aromatic carbocycles. The predicted octanol–water partition coefficient (Wildman–Crippen LogP) is 4.12. The van der Waals surface area contributed by atoms with Crippen molar-refractivity contribution in [3.63, 3.8) is 0 Å². The van der Waals surface area contributed by atoms with Gasteiger partial charge in [0.25, 0.3) is 0 Å². The summed E-state index contributed by atoms with van der Waals surface area (Å²) in [5, 5.41) is 3.04. The summed E-state index contributed by atoms with van der Waals surface area (Å²) >= 11 is 0. The summed E-state index contributed by atoms with van der Waals surface area (Å²) in [6.45, 7) is 3.16. The fourth-order valence-corrected chi connectivity index (χ4v) is 1.63. The van der Waals surface area contributed by atoms with Crippen LogP contribution in [0, 0.1) is 5.82 Å². The fraction of sp³-hybridized carbons (Fsp3) is 0.538. The van der Waals surface area contributed by atoms with Gasteiger partial charge in [0.2, 0.25) is 0 Å². The first-order valence-corrected chi connectivity index (χ1v) is 6.01. The second-order valence-corrected chi connectivity index (χ2v) is 4.20. The molecule has 1 rings (SSSR count). The van der Waals surface area contributed by atoms with Crippen LogP contribution < -0.4 is 5.32 Å². The molecule has 1 aromatic rings. The number of benzene rings is 1.